The number of aromatic nitrogens is 1. The first-order valence-electron chi connectivity index (χ1n) is 8.35. The molecular formula is C19H20N2O2S. The Balaban J connectivity index is 1.75. The Morgan fingerprint density at radius 1 is 0.917 bits per heavy atom. The molecule has 24 heavy (non-hydrogen) atoms. The first-order valence-corrected chi connectivity index (χ1v) is 9.83. The lowest BCUT2D eigenvalue weighted by molar-refractivity contribution is 0.601. The Kier molecular flexibility index (Phi) is 3.81. The number of hydrogen-bond acceptors (Lipinski definition) is 2. The molecule has 0 unspecified atom stereocenters. The van der Waals surface area contributed by atoms with Gasteiger partial charge in [0.2, 0.25) is 0 Å². The van der Waals surface area contributed by atoms with E-state index in [1.807, 2.05) is 24.3 Å². The lowest BCUT2D eigenvalue weighted by atomic mass is 10.1. The largest absolute Gasteiger partial charge is 0.358 e. The van der Waals surface area contributed by atoms with Crippen molar-refractivity contribution in [3.63, 3.8) is 0 Å². The van der Waals surface area contributed by atoms with Crippen molar-refractivity contribution >= 4 is 26.6 Å². The van der Waals surface area contributed by atoms with Crippen molar-refractivity contribution in [1.29, 1.82) is 0 Å². The summed E-state index contributed by atoms with van der Waals surface area (Å²) in [5.41, 5.74) is 4.17. The Morgan fingerprint density at radius 3 is 2.54 bits per heavy atom. The van der Waals surface area contributed by atoms with Crippen LogP contribution in [0, 0.1) is 0 Å². The number of hydrogen-bond donors (Lipinski definition) is 2. The molecule has 0 radical (unpaired) electrons. The number of H-pyrrole nitrogens is 1. The van der Waals surface area contributed by atoms with Crippen molar-refractivity contribution in [1.82, 2.24) is 4.98 Å². The van der Waals surface area contributed by atoms with Crippen LogP contribution in [0.15, 0.2) is 53.4 Å². The van der Waals surface area contributed by atoms with E-state index in [0.29, 0.717) is 10.6 Å². The molecule has 1 heterocycles. The molecule has 0 aliphatic heterocycles. The number of fused-ring (bicyclic) bond motifs is 3. The van der Waals surface area contributed by atoms with E-state index in [4.69, 9.17) is 0 Å². The van der Waals surface area contributed by atoms with Crippen LogP contribution in [0.3, 0.4) is 0 Å². The molecule has 0 saturated heterocycles. The number of nitrogens with one attached hydrogen (secondary N) is 2. The van der Waals surface area contributed by atoms with E-state index in [1.165, 1.54) is 30.5 Å². The van der Waals surface area contributed by atoms with Gasteiger partial charge in [-0.1, -0.05) is 24.6 Å². The van der Waals surface area contributed by atoms with E-state index in [0.717, 1.165) is 23.7 Å². The van der Waals surface area contributed by atoms with Gasteiger partial charge in [-0.25, -0.2) is 8.42 Å². The summed E-state index contributed by atoms with van der Waals surface area (Å²) >= 11 is 0. The molecule has 2 N–H and O–H groups in total. The van der Waals surface area contributed by atoms with Crippen molar-refractivity contribution in [2.45, 2.75) is 37.0 Å². The van der Waals surface area contributed by atoms with Crippen LogP contribution in [-0.2, 0) is 22.9 Å². The van der Waals surface area contributed by atoms with Gasteiger partial charge in [0, 0.05) is 22.3 Å². The molecule has 4 nitrogen and oxygen atoms in total. The maximum Gasteiger partial charge on any atom is 0.261 e. The Bertz CT molecular complexity index is 975. The van der Waals surface area contributed by atoms with E-state index < -0.39 is 10.0 Å². The lowest BCUT2D eigenvalue weighted by Gasteiger charge is -2.08. The average Bonchev–Trinajstić information content (AvgIpc) is 2.75. The number of para-hydroxylation sites is 1. The molecule has 0 bridgehead atoms. The third-order valence-electron chi connectivity index (χ3n) is 4.66. The van der Waals surface area contributed by atoms with Crippen molar-refractivity contribution in [2.24, 2.45) is 0 Å². The SMILES string of the molecule is O=S(=O)(Nc1ccccc1)c1ccc2[nH]c3c(c2c1)CCCCC3. The Hall–Kier alpha value is -2.27. The quantitative estimate of drug-likeness (QED) is 0.701. The molecule has 5 heteroatoms. The predicted molar refractivity (Wildman–Crippen MR) is 96.8 cm³/mol. The highest BCUT2D eigenvalue weighted by atomic mass is 32.2. The van der Waals surface area contributed by atoms with Crippen LogP contribution in [0.25, 0.3) is 10.9 Å². The van der Waals surface area contributed by atoms with Crippen LogP contribution in [0.2, 0.25) is 0 Å². The predicted octanol–water partition coefficient (Wildman–Crippen LogP) is 4.24. The highest BCUT2D eigenvalue weighted by molar-refractivity contribution is 7.92. The Morgan fingerprint density at radius 2 is 1.71 bits per heavy atom. The number of rotatable bonds is 3. The molecule has 1 aromatic heterocycles. The molecule has 0 saturated carbocycles. The zero-order valence-corrected chi connectivity index (χ0v) is 14.2. The van der Waals surface area contributed by atoms with Crippen LogP contribution < -0.4 is 4.72 Å². The minimum atomic E-state index is -3.58. The zero-order chi connectivity index (χ0) is 16.6. The maximum absolute atomic E-state index is 12.7. The summed E-state index contributed by atoms with van der Waals surface area (Å²) < 4.78 is 28.0. The summed E-state index contributed by atoms with van der Waals surface area (Å²) in [5.74, 6) is 0. The number of benzene rings is 2. The third kappa shape index (κ3) is 2.80. The number of sulfonamides is 1. The fourth-order valence-corrected chi connectivity index (χ4v) is 4.53. The fraction of sp³-hybridized carbons (Fsp3) is 0.263. The standard InChI is InChI=1S/C19H20N2O2S/c22-24(23,21-14-7-3-1-4-8-14)15-11-12-19-17(13-15)16-9-5-2-6-10-18(16)20-19/h1,3-4,7-8,11-13,20-21H,2,5-6,9-10H2. The molecular weight excluding hydrogens is 320 g/mol. The summed E-state index contributed by atoms with van der Waals surface area (Å²) in [6.07, 6.45) is 5.66. The smallest absolute Gasteiger partial charge is 0.261 e. The molecule has 124 valence electrons. The molecule has 4 rings (SSSR count). The molecule has 0 amide bonds. The number of aromatic amines is 1. The van der Waals surface area contributed by atoms with Gasteiger partial charge in [0.15, 0.2) is 0 Å². The minimum absolute atomic E-state index is 0.310. The molecule has 0 atom stereocenters. The molecule has 2 aromatic carbocycles. The van der Waals surface area contributed by atoms with E-state index in [9.17, 15) is 8.42 Å². The van der Waals surface area contributed by atoms with E-state index in [2.05, 4.69) is 9.71 Å². The second-order valence-corrected chi connectivity index (χ2v) is 8.00. The number of aryl methyl sites for hydroxylation is 2. The van der Waals surface area contributed by atoms with Crippen LogP contribution in [0.5, 0.6) is 0 Å². The lowest BCUT2D eigenvalue weighted by Crippen LogP contribution is -2.12. The van der Waals surface area contributed by atoms with Crippen LogP contribution >= 0.6 is 0 Å². The van der Waals surface area contributed by atoms with E-state index >= 15 is 0 Å². The second kappa shape index (κ2) is 5.98. The van der Waals surface area contributed by atoms with Crippen LogP contribution in [0.1, 0.15) is 30.5 Å². The van der Waals surface area contributed by atoms with Crippen molar-refractivity contribution in [3.05, 3.63) is 59.8 Å². The average molecular weight is 340 g/mol. The fourth-order valence-electron chi connectivity index (χ4n) is 3.45. The van der Waals surface area contributed by atoms with E-state index in [1.54, 1.807) is 24.3 Å². The van der Waals surface area contributed by atoms with Crippen molar-refractivity contribution in [3.8, 4) is 0 Å². The summed E-state index contributed by atoms with van der Waals surface area (Å²) in [6.45, 7) is 0. The van der Waals surface area contributed by atoms with Crippen molar-refractivity contribution in [2.75, 3.05) is 4.72 Å². The normalized spacial score (nSPS) is 15.0. The highest BCUT2D eigenvalue weighted by Gasteiger charge is 2.19. The first kappa shape index (κ1) is 15.3. The molecule has 0 fully saturated rings. The highest BCUT2D eigenvalue weighted by Crippen LogP contribution is 2.30. The molecule has 1 aliphatic rings. The van der Waals surface area contributed by atoms with Crippen LogP contribution in [0.4, 0.5) is 5.69 Å². The second-order valence-electron chi connectivity index (χ2n) is 6.32. The minimum Gasteiger partial charge on any atom is -0.358 e. The monoisotopic (exact) mass is 340 g/mol. The maximum atomic E-state index is 12.7. The van der Waals surface area contributed by atoms with Crippen molar-refractivity contribution < 1.29 is 8.42 Å². The van der Waals surface area contributed by atoms with Gasteiger partial charge in [-0.3, -0.25) is 4.72 Å². The van der Waals surface area contributed by atoms with Gasteiger partial charge in [-0.2, -0.15) is 0 Å². The van der Waals surface area contributed by atoms with Gasteiger partial charge in [-0.05, 0) is 61.6 Å². The molecule has 0 spiro atoms. The van der Waals surface area contributed by atoms with Gasteiger partial charge < -0.3 is 4.98 Å². The van der Waals surface area contributed by atoms with Gasteiger partial charge in [0.1, 0.15) is 0 Å². The van der Waals surface area contributed by atoms with Gasteiger partial charge in [0.05, 0.1) is 4.90 Å². The topological polar surface area (TPSA) is 62.0 Å². The third-order valence-corrected chi connectivity index (χ3v) is 6.03. The zero-order valence-electron chi connectivity index (χ0n) is 13.4. The van der Waals surface area contributed by atoms with Gasteiger partial charge >= 0.3 is 0 Å². The summed E-state index contributed by atoms with van der Waals surface area (Å²) in [4.78, 5) is 3.78. The Labute approximate surface area is 142 Å². The summed E-state index contributed by atoms with van der Waals surface area (Å²) in [6, 6.07) is 14.3. The summed E-state index contributed by atoms with van der Waals surface area (Å²) in [7, 11) is -3.58. The van der Waals surface area contributed by atoms with Gasteiger partial charge in [0.25, 0.3) is 10.0 Å². The summed E-state index contributed by atoms with van der Waals surface area (Å²) in [5, 5.41) is 1.04. The molecule has 1 aliphatic carbocycles. The van der Waals surface area contributed by atoms with Crippen LogP contribution in [-0.4, -0.2) is 13.4 Å². The number of anilines is 1. The van der Waals surface area contributed by atoms with E-state index in [-0.39, 0.29) is 0 Å². The molecule has 3 aromatic rings. The van der Waals surface area contributed by atoms with Gasteiger partial charge in [-0.15, -0.1) is 0 Å². The first-order chi connectivity index (χ1) is 11.6.